The molecule has 0 aliphatic carbocycles. The zero-order valence-electron chi connectivity index (χ0n) is 12.9. The molecule has 2 aromatic rings. The van der Waals surface area contributed by atoms with Crippen molar-refractivity contribution in [3.8, 4) is 0 Å². The number of rotatable bonds is 5. The standard InChI is InChI=1S/C15H23N3OS/c1-11-8-14(18(5)17-11)20-10-13-7-6-12(19-13)9-16-15(2,3)4/h6-8,16H,9-10H2,1-5H3. The normalized spacial score (nSPS) is 12.1. The molecule has 2 aromatic heterocycles. The minimum atomic E-state index is 0.105. The van der Waals surface area contributed by atoms with Crippen LogP contribution in [0.15, 0.2) is 27.6 Å². The van der Waals surface area contributed by atoms with Gasteiger partial charge in [-0.1, -0.05) is 11.8 Å². The molecule has 110 valence electrons. The lowest BCUT2D eigenvalue weighted by Gasteiger charge is -2.19. The van der Waals surface area contributed by atoms with Crippen LogP contribution < -0.4 is 5.32 Å². The largest absolute Gasteiger partial charge is 0.464 e. The van der Waals surface area contributed by atoms with Crippen LogP contribution in [-0.2, 0) is 19.3 Å². The Kier molecular flexibility index (Phi) is 4.60. The second kappa shape index (κ2) is 6.06. The highest BCUT2D eigenvalue weighted by atomic mass is 32.2. The first-order valence-corrected chi connectivity index (χ1v) is 7.78. The summed E-state index contributed by atoms with van der Waals surface area (Å²) in [6.45, 7) is 9.22. The number of hydrogen-bond acceptors (Lipinski definition) is 4. The molecule has 5 heteroatoms. The fourth-order valence-corrected chi connectivity index (χ4v) is 2.74. The van der Waals surface area contributed by atoms with E-state index in [2.05, 4.69) is 43.3 Å². The van der Waals surface area contributed by atoms with Crippen molar-refractivity contribution in [2.75, 3.05) is 0 Å². The lowest BCUT2D eigenvalue weighted by molar-refractivity contribution is 0.382. The molecule has 0 saturated heterocycles. The van der Waals surface area contributed by atoms with Crippen LogP contribution in [-0.4, -0.2) is 15.3 Å². The van der Waals surface area contributed by atoms with Crippen LogP contribution in [0.2, 0.25) is 0 Å². The summed E-state index contributed by atoms with van der Waals surface area (Å²) >= 11 is 1.74. The van der Waals surface area contributed by atoms with Gasteiger partial charge in [0, 0.05) is 12.6 Å². The highest BCUT2D eigenvalue weighted by molar-refractivity contribution is 7.98. The maximum absolute atomic E-state index is 5.83. The van der Waals surface area contributed by atoms with E-state index in [1.807, 2.05) is 24.7 Å². The summed E-state index contributed by atoms with van der Waals surface area (Å²) in [6.07, 6.45) is 0. The van der Waals surface area contributed by atoms with Crippen molar-refractivity contribution in [2.45, 2.75) is 50.6 Å². The van der Waals surface area contributed by atoms with Crippen molar-refractivity contribution < 1.29 is 4.42 Å². The van der Waals surface area contributed by atoms with E-state index in [-0.39, 0.29) is 5.54 Å². The van der Waals surface area contributed by atoms with E-state index in [9.17, 15) is 0 Å². The monoisotopic (exact) mass is 293 g/mol. The lowest BCUT2D eigenvalue weighted by Crippen LogP contribution is -2.34. The molecular formula is C15H23N3OS. The summed E-state index contributed by atoms with van der Waals surface area (Å²) in [4.78, 5) is 0. The van der Waals surface area contributed by atoms with Gasteiger partial charge in [-0.05, 0) is 45.9 Å². The van der Waals surface area contributed by atoms with Crippen LogP contribution in [0.3, 0.4) is 0 Å². The molecule has 0 radical (unpaired) electrons. The number of aryl methyl sites for hydroxylation is 2. The Balaban J connectivity index is 1.88. The van der Waals surface area contributed by atoms with Gasteiger partial charge in [-0.2, -0.15) is 5.10 Å². The first-order valence-electron chi connectivity index (χ1n) is 6.79. The van der Waals surface area contributed by atoms with Crippen molar-refractivity contribution in [1.82, 2.24) is 15.1 Å². The maximum atomic E-state index is 5.83. The van der Waals surface area contributed by atoms with Crippen molar-refractivity contribution in [3.05, 3.63) is 35.4 Å². The Morgan fingerprint density at radius 1 is 1.30 bits per heavy atom. The van der Waals surface area contributed by atoms with Gasteiger partial charge >= 0.3 is 0 Å². The number of thioether (sulfide) groups is 1. The minimum Gasteiger partial charge on any atom is -0.464 e. The van der Waals surface area contributed by atoms with Gasteiger partial charge in [-0.25, -0.2) is 0 Å². The van der Waals surface area contributed by atoms with E-state index in [1.165, 1.54) is 0 Å². The van der Waals surface area contributed by atoms with Gasteiger partial charge < -0.3 is 9.73 Å². The van der Waals surface area contributed by atoms with Gasteiger partial charge in [-0.3, -0.25) is 4.68 Å². The van der Waals surface area contributed by atoms with E-state index in [0.29, 0.717) is 0 Å². The molecule has 2 rings (SSSR count). The quantitative estimate of drug-likeness (QED) is 0.857. The summed E-state index contributed by atoms with van der Waals surface area (Å²) in [5.41, 5.74) is 1.15. The van der Waals surface area contributed by atoms with E-state index < -0.39 is 0 Å². The van der Waals surface area contributed by atoms with Crippen molar-refractivity contribution >= 4 is 11.8 Å². The van der Waals surface area contributed by atoms with Gasteiger partial charge in [0.1, 0.15) is 11.5 Å². The average Bonchev–Trinajstić information content (AvgIpc) is 2.90. The molecule has 0 atom stereocenters. The average molecular weight is 293 g/mol. The first-order chi connectivity index (χ1) is 9.33. The van der Waals surface area contributed by atoms with Gasteiger partial charge in [0.05, 0.1) is 23.0 Å². The third kappa shape index (κ3) is 4.42. The molecule has 0 aliphatic rings. The first kappa shape index (κ1) is 15.2. The summed E-state index contributed by atoms with van der Waals surface area (Å²) in [7, 11) is 1.97. The summed E-state index contributed by atoms with van der Waals surface area (Å²) in [5, 5.41) is 8.92. The molecular weight excluding hydrogens is 270 g/mol. The molecule has 0 fully saturated rings. The lowest BCUT2D eigenvalue weighted by atomic mass is 10.1. The fourth-order valence-electron chi connectivity index (χ4n) is 1.81. The fraction of sp³-hybridized carbons (Fsp3) is 0.533. The van der Waals surface area contributed by atoms with E-state index in [1.54, 1.807) is 11.8 Å². The Bertz CT molecular complexity index is 566. The molecule has 4 nitrogen and oxygen atoms in total. The molecule has 0 aromatic carbocycles. The predicted octanol–water partition coefficient (Wildman–Crippen LogP) is 3.50. The van der Waals surface area contributed by atoms with Gasteiger partial charge in [-0.15, -0.1) is 0 Å². The summed E-state index contributed by atoms with van der Waals surface area (Å²) in [6, 6.07) is 6.19. The Morgan fingerprint density at radius 3 is 2.60 bits per heavy atom. The van der Waals surface area contributed by atoms with Crippen molar-refractivity contribution in [1.29, 1.82) is 0 Å². The highest BCUT2D eigenvalue weighted by Gasteiger charge is 2.11. The van der Waals surface area contributed by atoms with Crippen LogP contribution in [0.25, 0.3) is 0 Å². The minimum absolute atomic E-state index is 0.105. The van der Waals surface area contributed by atoms with Crippen LogP contribution in [0, 0.1) is 6.92 Å². The van der Waals surface area contributed by atoms with Crippen LogP contribution in [0.4, 0.5) is 0 Å². The van der Waals surface area contributed by atoms with Crippen LogP contribution in [0.5, 0.6) is 0 Å². The third-order valence-corrected chi connectivity index (χ3v) is 3.94. The Hall–Kier alpha value is -1.20. The molecule has 0 amide bonds. The molecule has 0 spiro atoms. The number of hydrogen-bond donors (Lipinski definition) is 1. The topological polar surface area (TPSA) is 43.0 Å². The predicted molar refractivity (Wildman–Crippen MR) is 82.8 cm³/mol. The summed E-state index contributed by atoms with van der Waals surface area (Å²) < 4.78 is 7.74. The number of furan rings is 1. The van der Waals surface area contributed by atoms with E-state index in [0.717, 1.165) is 34.5 Å². The van der Waals surface area contributed by atoms with E-state index in [4.69, 9.17) is 4.42 Å². The zero-order valence-corrected chi connectivity index (χ0v) is 13.7. The van der Waals surface area contributed by atoms with Crippen LogP contribution in [0.1, 0.15) is 38.0 Å². The maximum Gasteiger partial charge on any atom is 0.118 e. The van der Waals surface area contributed by atoms with Gasteiger partial charge in [0.2, 0.25) is 0 Å². The second-order valence-electron chi connectivity index (χ2n) is 6.01. The number of nitrogens with one attached hydrogen (secondary N) is 1. The zero-order chi connectivity index (χ0) is 14.8. The number of nitrogens with zero attached hydrogens (tertiary/aromatic N) is 2. The number of aromatic nitrogens is 2. The smallest absolute Gasteiger partial charge is 0.118 e. The molecule has 0 saturated carbocycles. The van der Waals surface area contributed by atoms with Crippen molar-refractivity contribution in [2.24, 2.45) is 7.05 Å². The Morgan fingerprint density at radius 2 is 2.00 bits per heavy atom. The van der Waals surface area contributed by atoms with E-state index >= 15 is 0 Å². The molecule has 0 unspecified atom stereocenters. The summed E-state index contributed by atoms with van der Waals surface area (Å²) in [5.74, 6) is 2.81. The SMILES string of the molecule is Cc1cc(SCc2ccc(CNC(C)(C)C)o2)n(C)n1. The second-order valence-corrected chi connectivity index (χ2v) is 7.00. The van der Waals surface area contributed by atoms with Gasteiger partial charge in [0.15, 0.2) is 0 Å². The third-order valence-electron chi connectivity index (χ3n) is 2.83. The highest BCUT2D eigenvalue weighted by Crippen LogP contribution is 2.24. The molecule has 2 heterocycles. The molecule has 0 aliphatic heterocycles. The van der Waals surface area contributed by atoms with Crippen molar-refractivity contribution in [3.63, 3.8) is 0 Å². The molecule has 0 bridgehead atoms. The molecule has 1 N–H and O–H groups in total. The molecule has 20 heavy (non-hydrogen) atoms. The van der Waals surface area contributed by atoms with Crippen LogP contribution >= 0.6 is 11.8 Å². The Labute approximate surface area is 124 Å². The van der Waals surface area contributed by atoms with Gasteiger partial charge in [0.25, 0.3) is 0 Å².